The van der Waals surface area contributed by atoms with E-state index in [9.17, 15) is 9.90 Å². The highest BCUT2D eigenvalue weighted by Gasteiger charge is 2.18. The van der Waals surface area contributed by atoms with Gasteiger partial charge in [0.25, 0.3) is 0 Å². The largest absolute Gasteiger partial charge is 0.388 e. The average Bonchev–Trinajstić information content (AvgIpc) is 2.47. The molecule has 1 heterocycles. The molecule has 110 valence electrons. The van der Waals surface area contributed by atoms with E-state index in [-0.39, 0.29) is 5.91 Å². The number of benzene rings is 1. The molecule has 0 aliphatic carbocycles. The van der Waals surface area contributed by atoms with Gasteiger partial charge in [-0.15, -0.1) is 0 Å². The molecule has 2 N–H and O–H groups in total. The van der Waals surface area contributed by atoms with Crippen molar-refractivity contribution >= 4 is 5.91 Å². The monoisotopic (exact) mass is 276 g/mol. The van der Waals surface area contributed by atoms with Gasteiger partial charge in [-0.3, -0.25) is 4.79 Å². The van der Waals surface area contributed by atoms with Crippen molar-refractivity contribution in [3.8, 4) is 0 Å². The summed E-state index contributed by atoms with van der Waals surface area (Å²) in [4.78, 5) is 14.0. The maximum Gasteiger partial charge on any atom is 0.222 e. The van der Waals surface area contributed by atoms with E-state index in [1.54, 1.807) is 0 Å². The van der Waals surface area contributed by atoms with E-state index < -0.39 is 6.10 Å². The summed E-state index contributed by atoms with van der Waals surface area (Å²) in [7, 11) is 0. The van der Waals surface area contributed by atoms with Crippen molar-refractivity contribution in [3.63, 3.8) is 0 Å². The van der Waals surface area contributed by atoms with Crippen LogP contribution in [0.1, 0.15) is 35.6 Å². The van der Waals surface area contributed by atoms with Crippen LogP contribution in [0, 0.1) is 13.8 Å². The van der Waals surface area contributed by atoms with Crippen molar-refractivity contribution in [2.75, 3.05) is 26.2 Å². The second kappa shape index (κ2) is 6.86. The van der Waals surface area contributed by atoms with Crippen LogP contribution in [-0.2, 0) is 4.79 Å². The Balaban J connectivity index is 1.89. The molecule has 1 unspecified atom stereocenters. The summed E-state index contributed by atoms with van der Waals surface area (Å²) in [6.07, 6.45) is 0.350. The lowest BCUT2D eigenvalue weighted by Gasteiger charge is -2.27. The van der Waals surface area contributed by atoms with Gasteiger partial charge in [0.05, 0.1) is 6.10 Å². The SMILES string of the molecule is Cc1ccc(C)c(C(O)CCC(=O)N2CCNCC2)c1. The summed E-state index contributed by atoms with van der Waals surface area (Å²) in [5.41, 5.74) is 3.16. The zero-order chi connectivity index (χ0) is 14.5. The van der Waals surface area contributed by atoms with Crippen LogP contribution >= 0.6 is 0 Å². The van der Waals surface area contributed by atoms with Gasteiger partial charge < -0.3 is 15.3 Å². The first-order chi connectivity index (χ1) is 9.58. The molecular formula is C16H24N2O2. The van der Waals surface area contributed by atoms with E-state index >= 15 is 0 Å². The molecule has 1 saturated heterocycles. The number of aliphatic hydroxyl groups is 1. The molecule has 2 rings (SSSR count). The molecule has 0 radical (unpaired) electrons. The lowest BCUT2D eigenvalue weighted by Crippen LogP contribution is -2.46. The summed E-state index contributed by atoms with van der Waals surface area (Å²) in [6.45, 7) is 7.30. The van der Waals surface area contributed by atoms with Gasteiger partial charge in [0.15, 0.2) is 0 Å². The Bertz CT molecular complexity index is 468. The maximum absolute atomic E-state index is 12.1. The van der Waals surface area contributed by atoms with Crippen LogP contribution in [0.15, 0.2) is 18.2 Å². The number of hydrogen-bond donors (Lipinski definition) is 2. The van der Waals surface area contributed by atoms with E-state index in [1.807, 2.05) is 36.9 Å². The van der Waals surface area contributed by atoms with Crippen molar-refractivity contribution in [1.29, 1.82) is 0 Å². The van der Waals surface area contributed by atoms with Crippen molar-refractivity contribution in [2.24, 2.45) is 0 Å². The van der Waals surface area contributed by atoms with Gasteiger partial charge in [0, 0.05) is 32.6 Å². The minimum absolute atomic E-state index is 0.149. The number of nitrogens with one attached hydrogen (secondary N) is 1. The third-order valence-corrected chi connectivity index (χ3v) is 3.90. The van der Waals surface area contributed by atoms with E-state index in [1.165, 1.54) is 0 Å². The fraction of sp³-hybridized carbons (Fsp3) is 0.562. The summed E-state index contributed by atoms with van der Waals surface area (Å²) >= 11 is 0. The summed E-state index contributed by atoms with van der Waals surface area (Å²) in [5.74, 6) is 0.149. The number of hydrogen-bond acceptors (Lipinski definition) is 3. The Kier molecular flexibility index (Phi) is 5.15. The maximum atomic E-state index is 12.1. The number of aliphatic hydroxyl groups excluding tert-OH is 1. The Hall–Kier alpha value is -1.39. The Morgan fingerprint density at radius 2 is 2.05 bits per heavy atom. The van der Waals surface area contributed by atoms with Crippen molar-refractivity contribution in [3.05, 3.63) is 34.9 Å². The fourth-order valence-electron chi connectivity index (χ4n) is 2.61. The van der Waals surface area contributed by atoms with Crippen molar-refractivity contribution in [1.82, 2.24) is 10.2 Å². The topological polar surface area (TPSA) is 52.6 Å². The molecule has 0 spiro atoms. The molecule has 4 heteroatoms. The first-order valence-corrected chi connectivity index (χ1v) is 7.31. The second-order valence-electron chi connectivity index (χ2n) is 5.55. The molecular weight excluding hydrogens is 252 g/mol. The van der Waals surface area contributed by atoms with Crippen molar-refractivity contribution < 1.29 is 9.90 Å². The highest BCUT2D eigenvalue weighted by molar-refractivity contribution is 5.76. The zero-order valence-electron chi connectivity index (χ0n) is 12.4. The quantitative estimate of drug-likeness (QED) is 0.877. The summed E-state index contributed by atoms with van der Waals surface area (Å²) < 4.78 is 0. The first kappa shape index (κ1) is 15.0. The number of carbonyl (C=O) groups is 1. The molecule has 1 fully saturated rings. The van der Waals surface area contributed by atoms with Crippen LogP contribution < -0.4 is 5.32 Å². The molecule has 1 aromatic carbocycles. The summed E-state index contributed by atoms with van der Waals surface area (Å²) in [5, 5.41) is 13.5. The molecule has 1 aliphatic heterocycles. The minimum atomic E-state index is -0.554. The third-order valence-electron chi connectivity index (χ3n) is 3.90. The van der Waals surface area contributed by atoms with Crippen LogP contribution in [0.2, 0.25) is 0 Å². The van der Waals surface area contributed by atoms with E-state index in [2.05, 4.69) is 5.32 Å². The molecule has 1 amide bonds. The zero-order valence-corrected chi connectivity index (χ0v) is 12.4. The predicted octanol–water partition coefficient (Wildman–Crippen LogP) is 1.55. The van der Waals surface area contributed by atoms with Crippen LogP contribution in [0.25, 0.3) is 0 Å². The first-order valence-electron chi connectivity index (χ1n) is 7.31. The minimum Gasteiger partial charge on any atom is -0.388 e. The highest BCUT2D eigenvalue weighted by atomic mass is 16.3. The molecule has 20 heavy (non-hydrogen) atoms. The number of aryl methyl sites for hydroxylation is 2. The van der Waals surface area contributed by atoms with Crippen LogP contribution in [-0.4, -0.2) is 42.1 Å². The highest BCUT2D eigenvalue weighted by Crippen LogP contribution is 2.23. The molecule has 0 aromatic heterocycles. The Morgan fingerprint density at radius 1 is 1.35 bits per heavy atom. The van der Waals surface area contributed by atoms with Gasteiger partial charge in [-0.1, -0.05) is 23.8 Å². The lowest BCUT2D eigenvalue weighted by molar-refractivity contribution is -0.132. The van der Waals surface area contributed by atoms with E-state index in [4.69, 9.17) is 0 Å². The smallest absolute Gasteiger partial charge is 0.222 e. The number of nitrogens with zero attached hydrogens (tertiary/aromatic N) is 1. The molecule has 1 aromatic rings. The number of rotatable bonds is 4. The second-order valence-corrected chi connectivity index (χ2v) is 5.55. The molecule has 1 aliphatic rings. The number of piperazine rings is 1. The number of amides is 1. The predicted molar refractivity (Wildman–Crippen MR) is 79.6 cm³/mol. The standard InChI is InChI=1S/C16H24N2O2/c1-12-3-4-13(2)14(11-12)15(19)5-6-16(20)18-9-7-17-8-10-18/h3-4,11,15,17,19H,5-10H2,1-2H3. The fourth-order valence-corrected chi connectivity index (χ4v) is 2.61. The van der Waals surface area contributed by atoms with Crippen LogP contribution in [0.4, 0.5) is 0 Å². The van der Waals surface area contributed by atoms with Gasteiger partial charge in [0.2, 0.25) is 5.91 Å². The van der Waals surface area contributed by atoms with E-state index in [0.717, 1.165) is 42.9 Å². The molecule has 0 bridgehead atoms. The summed E-state index contributed by atoms with van der Waals surface area (Å²) in [6, 6.07) is 6.07. The third kappa shape index (κ3) is 3.81. The van der Waals surface area contributed by atoms with Crippen molar-refractivity contribution in [2.45, 2.75) is 32.8 Å². The van der Waals surface area contributed by atoms with Crippen LogP contribution in [0.5, 0.6) is 0 Å². The Labute approximate surface area is 120 Å². The molecule has 1 atom stereocenters. The lowest BCUT2D eigenvalue weighted by atomic mass is 9.98. The van der Waals surface area contributed by atoms with Gasteiger partial charge in [-0.05, 0) is 31.4 Å². The van der Waals surface area contributed by atoms with Crippen LogP contribution in [0.3, 0.4) is 0 Å². The average molecular weight is 276 g/mol. The number of carbonyl (C=O) groups excluding carboxylic acids is 1. The van der Waals surface area contributed by atoms with Gasteiger partial charge in [-0.25, -0.2) is 0 Å². The van der Waals surface area contributed by atoms with Gasteiger partial charge in [-0.2, -0.15) is 0 Å². The van der Waals surface area contributed by atoms with Gasteiger partial charge >= 0.3 is 0 Å². The molecule has 0 saturated carbocycles. The molecule has 4 nitrogen and oxygen atoms in total. The normalized spacial score (nSPS) is 17.1. The Morgan fingerprint density at radius 3 is 2.75 bits per heavy atom. The van der Waals surface area contributed by atoms with E-state index in [0.29, 0.717) is 12.8 Å². The van der Waals surface area contributed by atoms with Gasteiger partial charge in [0.1, 0.15) is 0 Å².